The number of anilines is 2. The lowest BCUT2D eigenvalue weighted by molar-refractivity contribution is -0.116. The van der Waals surface area contributed by atoms with E-state index in [1.54, 1.807) is 32.2 Å². The minimum absolute atomic E-state index is 0.135. The third kappa shape index (κ3) is 4.59. The Morgan fingerprint density at radius 2 is 1.75 bits per heavy atom. The van der Waals surface area contributed by atoms with E-state index in [1.807, 2.05) is 30.3 Å². The SMILES string of the molecule is CCc1ccc(NC(=O)C(C)Nc2cccc(C(=O)NC)c2)cc1. The van der Waals surface area contributed by atoms with E-state index in [-0.39, 0.29) is 11.8 Å². The summed E-state index contributed by atoms with van der Waals surface area (Å²) >= 11 is 0. The van der Waals surface area contributed by atoms with Crippen LogP contribution in [0.3, 0.4) is 0 Å². The molecule has 5 heteroatoms. The molecule has 126 valence electrons. The third-order valence-corrected chi connectivity index (χ3v) is 3.76. The largest absolute Gasteiger partial charge is 0.374 e. The van der Waals surface area contributed by atoms with E-state index in [2.05, 4.69) is 22.9 Å². The molecule has 0 aliphatic heterocycles. The number of carbonyl (C=O) groups excluding carboxylic acids is 2. The Morgan fingerprint density at radius 3 is 2.38 bits per heavy atom. The summed E-state index contributed by atoms with van der Waals surface area (Å²) in [7, 11) is 1.59. The highest BCUT2D eigenvalue weighted by atomic mass is 16.2. The van der Waals surface area contributed by atoms with E-state index >= 15 is 0 Å². The van der Waals surface area contributed by atoms with Gasteiger partial charge in [-0.25, -0.2) is 0 Å². The van der Waals surface area contributed by atoms with Crippen LogP contribution in [0, 0.1) is 0 Å². The van der Waals surface area contributed by atoms with Gasteiger partial charge in [0.25, 0.3) is 5.91 Å². The molecule has 0 bridgehead atoms. The molecule has 5 nitrogen and oxygen atoms in total. The molecule has 2 aromatic rings. The fourth-order valence-corrected chi connectivity index (χ4v) is 2.28. The van der Waals surface area contributed by atoms with Crippen LogP contribution in [0.1, 0.15) is 29.8 Å². The summed E-state index contributed by atoms with van der Waals surface area (Å²) in [4.78, 5) is 24.0. The summed E-state index contributed by atoms with van der Waals surface area (Å²) < 4.78 is 0. The van der Waals surface area contributed by atoms with Gasteiger partial charge in [0.1, 0.15) is 6.04 Å². The molecular weight excluding hydrogens is 302 g/mol. The van der Waals surface area contributed by atoms with Gasteiger partial charge in [0, 0.05) is 24.0 Å². The third-order valence-electron chi connectivity index (χ3n) is 3.76. The summed E-state index contributed by atoms with van der Waals surface area (Å²) in [6.07, 6.45) is 0.966. The first-order valence-electron chi connectivity index (χ1n) is 8.02. The molecule has 0 heterocycles. The van der Waals surface area contributed by atoms with Crippen LogP contribution in [-0.2, 0) is 11.2 Å². The van der Waals surface area contributed by atoms with Gasteiger partial charge in [-0.1, -0.05) is 25.1 Å². The van der Waals surface area contributed by atoms with Crippen molar-refractivity contribution in [3.05, 3.63) is 59.7 Å². The summed E-state index contributed by atoms with van der Waals surface area (Å²) in [5, 5.41) is 8.57. The van der Waals surface area contributed by atoms with Crippen molar-refractivity contribution in [2.24, 2.45) is 0 Å². The van der Waals surface area contributed by atoms with Crippen molar-refractivity contribution >= 4 is 23.2 Å². The van der Waals surface area contributed by atoms with E-state index in [9.17, 15) is 9.59 Å². The second kappa shape index (κ2) is 8.15. The second-order valence-electron chi connectivity index (χ2n) is 5.57. The minimum atomic E-state index is -0.434. The van der Waals surface area contributed by atoms with Gasteiger partial charge in [-0.15, -0.1) is 0 Å². The lowest BCUT2D eigenvalue weighted by atomic mass is 10.1. The quantitative estimate of drug-likeness (QED) is 0.764. The molecule has 0 saturated heterocycles. The normalized spacial score (nSPS) is 11.5. The standard InChI is InChI=1S/C19H23N3O2/c1-4-14-8-10-16(11-9-14)22-18(23)13(2)21-17-7-5-6-15(12-17)19(24)20-3/h5-13,21H,4H2,1-3H3,(H,20,24)(H,22,23). The minimum Gasteiger partial charge on any atom is -0.374 e. The maximum Gasteiger partial charge on any atom is 0.251 e. The highest BCUT2D eigenvalue weighted by Gasteiger charge is 2.13. The Hall–Kier alpha value is -2.82. The fraction of sp³-hybridized carbons (Fsp3) is 0.263. The zero-order valence-corrected chi connectivity index (χ0v) is 14.2. The monoisotopic (exact) mass is 325 g/mol. The molecule has 0 fully saturated rings. The van der Waals surface area contributed by atoms with Gasteiger partial charge in [0.05, 0.1) is 0 Å². The maximum atomic E-state index is 12.3. The Bertz CT molecular complexity index is 711. The van der Waals surface area contributed by atoms with Crippen LogP contribution in [0.25, 0.3) is 0 Å². The second-order valence-corrected chi connectivity index (χ2v) is 5.57. The zero-order valence-electron chi connectivity index (χ0n) is 14.2. The van der Waals surface area contributed by atoms with Crippen LogP contribution in [0.15, 0.2) is 48.5 Å². The van der Waals surface area contributed by atoms with Gasteiger partial charge in [-0.2, -0.15) is 0 Å². The van der Waals surface area contributed by atoms with E-state index in [0.29, 0.717) is 5.56 Å². The molecule has 24 heavy (non-hydrogen) atoms. The van der Waals surface area contributed by atoms with Gasteiger partial charge >= 0.3 is 0 Å². The van der Waals surface area contributed by atoms with E-state index < -0.39 is 6.04 Å². The molecule has 0 radical (unpaired) electrons. The molecule has 0 spiro atoms. The number of amides is 2. The molecule has 0 saturated carbocycles. The van der Waals surface area contributed by atoms with Crippen molar-refractivity contribution in [3.8, 4) is 0 Å². The van der Waals surface area contributed by atoms with Crippen molar-refractivity contribution in [1.82, 2.24) is 5.32 Å². The molecule has 1 unspecified atom stereocenters. The number of nitrogens with one attached hydrogen (secondary N) is 3. The fourth-order valence-electron chi connectivity index (χ4n) is 2.28. The molecular formula is C19H23N3O2. The molecule has 1 atom stereocenters. The van der Waals surface area contributed by atoms with E-state index in [1.165, 1.54) is 5.56 Å². The van der Waals surface area contributed by atoms with Gasteiger partial charge in [0.15, 0.2) is 0 Å². The smallest absolute Gasteiger partial charge is 0.251 e. The number of benzene rings is 2. The number of hydrogen-bond acceptors (Lipinski definition) is 3. The van der Waals surface area contributed by atoms with Gasteiger partial charge < -0.3 is 16.0 Å². The topological polar surface area (TPSA) is 70.2 Å². The Kier molecular flexibility index (Phi) is 5.95. The van der Waals surface area contributed by atoms with Crippen LogP contribution < -0.4 is 16.0 Å². The number of rotatable bonds is 6. The highest BCUT2D eigenvalue weighted by molar-refractivity contribution is 5.97. The molecule has 0 aliphatic carbocycles. The van der Waals surface area contributed by atoms with Crippen LogP contribution in [0.4, 0.5) is 11.4 Å². The number of hydrogen-bond donors (Lipinski definition) is 3. The summed E-state index contributed by atoms with van der Waals surface area (Å²) in [6, 6.07) is 14.4. The van der Waals surface area contributed by atoms with Crippen LogP contribution >= 0.6 is 0 Å². The van der Waals surface area contributed by atoms with Crippen LogP contribution in [-0.4, -0.2) is 24.9 Å². The predicted octanol–water partition coefficient (Wildman–Crippen LogP) is 3.05. The highest BCUT2D eigenvalue weighted by Crippen LogP contribution is 2.14. The lowest BCUT2D eigenvalue weighted by Gasteiger charge is -2.16. The average molecular weight is 325 g/mol. The van der Waals surface area contributed by atoms with Crippen molar-refractivity contribution in [3.63, 3.8) is 0 Å². The Balaban J connectivity index is 1.99. The molecule has 2 aromatic carbocycles. The van der Waals surface area contributed by atoms with Crippen molar-refractivity contribution in [1.29, 1.82) is 0 Å². The molecule has 3 N–H and O–H groups in total. The summed E-state index contributed by atoms with van der Waals surface area (Å²) in [6.45, 7) is 3.87. The van der Waals surface area contributed by atoms with Gasteiger partial charge in [0.2, 0.25) is 5.91 Å². The molecule has 2 rings (SSSR count). The van der Waals surface area contributed by atoms with Crippen molar-refractivity contribution in [2.75, 3.05) is 17.7 Å². The Labute approximate surface area is 142 Å². The molecule has 0 aromatic heterocycles. The molecule has 2 amide bonds. The van der Waals surface area contributed by atoms with Crippen LogP contribution in [0.5, 0.6) is 0 Å². The predicted molar refractivity (Wildman–Crippen MR) is 97.4 cm³/mol. The number of aryl methyl sites for hydroxylation is 1. The summed E-state index contributed by atoms with van der Waals surface area (Å²) in [5.41, 5.74) is 3.26. The van der Waals surface area contributed by atoms with Crippen molar-refractivity contribution in [2.45, 2.75) is 26.3 Å². The van der Waals surface area contributed by atoms with Gasteiger partial charge in [-0.3, -0.25) is 9.59 Å². The average Bonchev–Trinajstić information content (AvgIpc) is 2.61. The first-order valence-corrected chi connectivity index (χ1v) is 8.02. The first kappa shape index (κ1) is 17.5. The Morgan fingerprint density at radius 1 is 1.04 bits per heavy atom. The maximum absolute atomic E-state index is 12.3. The zero-order chi connectivity index (χ0) is 17.5. The first-order chi connectivity index (χ1) is 11.5. The van der Waals surface area contributed by atoms with Crippen molar-refractivity contribution < 1.29 is 9.59 Å². The summed E-state index contributed by atoms with van der Waals surface area (Å²) in [5.74, 6) is -0.295. The van der Waals surface area contributed by atoms with Gasteiger partial charge in [-0.05, 0) is 49.2 Å². The molecule has 0 aliphatic rings. The van der Waals surface area contributed by atoms with E-state index in [0.717, 1.165) is 17.8 Å². The lowest BCUT2D eigenvalue weighted by Crippen LogP contribution is -2.32. The van der Waals surface area contributed by atoms with Crippen LogP contribution in [0.2, 0.25) is 0 Å². The number of carbonyl (C=O) groups is 2. The van der Waals surface area contributed by atoms with E-state index in [4.69, 9.17) is 0 Å².